The molecule has 2 aliphatic rings. The summed E-state index contributed by atoms with van der Waals surface area (Å²) in [6, 6.07) is 0. The van der Waals surface area contributed by atoms with Crippen LogP contribution < -0.4 is 0 Å². The van der Waals surface area contributed by atoms with Crippen LogP contribution in [0.2, 0.25) is 0 Å². The van der Waals surface area contributed by atoms with E-state index in [1.807, 2.05) is 0 Å². The van der Waals surface area contributed by atoms with Gasteiger partial charge in [0.15, 0.2) is 0 Å². The lowest BCUT2D eigenvalue weighted by atomic mass is 9.98. The summed E-state index contributed by atoms with van der Waals surface area (Å²) in [5.74, 6) is -32.7. The monoisotopic (exact) mass is 460 g/mol. The highest BCUT2D eigenvalue weighted by molar-refractivity contribution is 7.86. The molecule has 0 N–H and O–H groups in total. The van der Waals surface area contributed by atoms with E-state index in [9.17, 15) is 61.3 Å². The molecule has 0 aromatic heterocycles. The van der Waals surface area contributed by atoms with Crippen LogP contribution in [0.1, 0.15) is 12.8 Å². The Bertz CT molecular complexity index is 680. The van der Waals surface area contributed by atoms with Crippen molar-refractivity contribution >= 4 is 10.8 Å². The Morgan fingerprint density at radius 3 is 1.46 bits per heavy atom. The summed E-state index contributed by atoms with van der Waals surface area (Å²) in [4.78, 5) is 0. The largest absolute Gasteiger partial charge is 0.460 e. The van der Waals surface area contributed by atoms with E-state index in [4.69, 9.17) is 0 Å². The van der Waals surface area contributed by atoms with Crippen molar-refractivity contribution in [3.05, 3.63) is 12.2 Å². The minimum atomic E-state index is -7.97. The molecule has 1 saturated carbocycles. The Kier molecular flexibility index (Phi) is 5.18. The zero-order valence-corrected chi connectivity index (χ0v) is 13.8. The van der Waals surface area contributed by atoms with Crippen molar-refractivity contribution in [2.45, 2.75) is 53.2 Å². The maximum Gasteiger partial charge on any atom is 0.460 e. The molecule has 28 heavy (non-hydrogen) atoms. The Hall–Kier alpha value is -1.02. The van der Waals surface area contributed by atoms with Crippen molar-refractivity contribution in [3.63, 3.8) is 0 Å². The minimum absolute atomic E-state index is 0.0384. The third-order valence-electron chi connectivity index (χ3n) is 4.65. The summed E-state index contributed by atoms with van der Waals surface area (Å²) < 4.78 is 181. The van der Waals surface area contributed by atoms with E-state index < -0.39 is 69.4 Å². The molecule has 1 unspecified atom stereocenters. The number of hydrogen-bond acceptors (Lipinski definition) is 1. The van der Waals surface area contributed by atoms with Crippen molar-refractivity contribution in [1.82, 2.24) is 0 Å². The van der Waals surface area contributed by atoms with Crippen molar-refractivity contribution in [3.8, 4) is 0 Å². The minimum Gasteiger partial charge on any atom is -0.253 e. The average Bonchev–Trinajstić information content (AvgIpc) is 3.15. The fraction of sp³-hybridized carbons (Fsp3) is 0.846. The van der Waals surface area contributed by atoms with E-state index in [1.165, 1.54) is 6.08 Å². The number of rotatable bonds is 6. The predicted molar refractivity (Wildman–Crippen MR) is 68.1 cm³/mol. The molecule has 0 amide bonds. The van der Waals surface area contributed by atoms with Gasteiger partial charge in [-0.2, -0.15) is 57.1 Å². The van der Waals surface area contributed by atoms with Crippen molar-refractivity contribution < 1.29 is 61.3 Å². The second-order valence-electron chi connectivity index (χ2n) is 6.43. The number of allylic oxidation sites excluding steroid dienone is 2. The summed E-state index contributed by atoms with van der Waals surface area (Å²) in [5, 5.41) is -8.41. The summed E-state index contributed by atoms with van der Waals surface area (Å²) >= 11 is 0. The summed E-state index contributed by atoms with van der Waals surface area (Å²) in [6.07, 6.45) is -5.28. The molecular weight excluding hydrogens is 451 g/mol. The summed E-state index contributed by atoms with van der Waals surface area (Å²) in [5.41, 5.74) is 0. The molecule has 2 aliphatic carbocycles. The van der Waals surface area contributed by atoms with Gasteiger partial charge in [0.25, 0.3) is 0 Å². The van der Waals surface area contributed by atoms with Gasteiger partial charge in [0, 0.05) is 5.25 Å². The normalized spacial score (nSPS) is 28.1. The van der Waals surface area contributed by atoms with Gasteiger partial charge in [-0.15, -0.1) is 0 Å². The van der Waals surface area contributed by atoms with Crippen molar-refractivity contribution in [2.24, 2.45) is 11.8 Å². The third kappa shape index (κ3) is 2.85. The van der Waals surface area contributed by atoms with Crippen LogP contribution in [0.15, 0.2) is 12.2 Å². The third-order valence-corrected chi connectivity index (χ3v) is 6.50. The highest BCUT2D eigenvalue weighted by Gasteiger charge is 2.91. The van der Waals surface area contributed by atoms with Crippen LogP contribution in [-0.4, -0.2) is 44.6 Å². The Labute approximate surface area is 150 Å². The SMILES string of the molecule is O=S([C@H]1C[C@@H]2C=C[C@H]1C2)C(F)(F)C(F)(F)C(F)(F)C(F)(F)C(F)(F)C(F)(F)F. The van der Waals surface area contributed by atoms with Gasteiger partial charge in [0.05, 0.1) is 0 Å². The molecule has 0 aromatic rings. The van der Waals surface area contributed by atoms with E-state index in [-0.39, 0.29) is 6.42 Å². The van der Waals surface area contributed by atoms with Crippen LogP contribution in [0.4, 0.5) is 57.1 Å². The average molecular weight is 460 g/mol. The second-order valence-corrected chi connectivity index (χ2v) is 8.14. The number of hydrogen-bond donors (Lipinski definition) is 0. The molecule has 2 rings (SSSR count). The molecule has 0 spiro atoms. The number of alkyl halides is 13. The fourth-order valence-electron chi connectivity index (χ4n) is 3.05. The van der Waals surface area contributed by atoms with Crippen molar-refractivity contribution in [1.29, 1.82) is 0 Å². The molecule has 0 radical (unpaired) electrons. The molecule has 0 saturated heterocycles. The molecule has 4 atom stereocenters. The van der Waals surface area contributed by atoms with E-state index in [1.54, 1.807) is 0 Å². The standard InChI is InChI=1S/C13H9F13OS/c14-8(15,10(18,19)12(22,23)24)9(16,17)11(20,21)13(25,26)28(27)7-4-5-1-2-6(7)3-5/h1-2,5-7H,3-4H2/t5-,6+,7+,28?/m1/s1. The van der Waals surface area contributed by atoms with E-state index in [2.05, 4.69) is 0 Å². The highest BCUT2D eigenvalue weighted by atomic mass is 32.2. The van der Waals surface area contributed by atoms with Gasteiger partial charge >= 0.3 is 35.1 Å². The Balaban J connectivity index is 2.45. The van der Waals surface area contributed by atoms with Gasteiger partial charge in [-0.25, -0.2) is 0 Å². The predicted octanol–water partition coefficient (Wildman–Crippen LogP) is 5.40. The highest BCUT2D eigenvalue weighted by Crippen LogP contribution is 2.61. The first kappa shape index (κ1) is 23.3. The van der Waals surface area contributed by atoms with Crippen LogP contribution in [0.25, 0.3) is 0 Å². The Morgan fingerprint density at radius 1 is 0.643 bits per heavy atom. The van der Waals surface area contributed by atoms with Gasteiger partial charge in [0.1, 0.15) is 10.8 Å². The lowest BCUT2D eigenvalue weighted by Crippen LogP contribution is -2.71. The first-order chi connectivity index (χ1) is 12.2. The number of fused-ring (bicyclic) bond motifs is 2. The molecule has 1 fully saturated rings. The Morgan fingerprint density at radius 2 is 1.11 bits per heavy atom. The molecular formula is C13H9F13OS. The van der Waals surface area contributed by atoms with E-state index >= 15 is 0 Å². The van der Waals surface area contributed by atoms with E-state index in [0.717, 1.165) is 6.08 Å². The molecule has 164 valence electrons. The summed E-state index contributed by atoms with van der Waals surface area (Å²) in [6.45, 7) is 0. The quantitative estimate of drug-likeness (QED) is 0.384. The molecule has 2 bridgehead atoms. The maximum absolute atomic E-state index is 13.9. The van der Waals surface area contributed by atoms with Gasteiger partial charge < -0.3 is 0 Å². The molecule has 0 aromatic carbocycles. The lowest BCUT2D eigenvalue weighted by molar-refractivity contribution is -0.433. The smallest absolute Gasteiger partial charge is 0.253 e. The van der Waals surface area contributed by atoms with Crippen LogP contribution in [0.5, 0.6) is 0 Å². The van der Waals surface area contributed by atoms with Gasteiger partial charge in [0.2, 0.25) is 0 Å². The molecule has 1 nitrogen and oxygen atoms in total. The van der Waals surface area contributed by atoms with Gasteiger partial charge in [-0.3, -0.25) is 4.21 Å². The molecule has 0 aliphatic heterocycles. The maximum atomic E-state index is 13.9. The number of halogens is 13. The zero-order valence-electron chi connectivity index (χ0n) is 13.0. The van der Waals surface area contributed by atoms with Crippen LogP contribution in [0, 0.1) is 11.8 Å². The molecule has 15 heteroatoms. The zero-order chi connectivity index (χ0) is 22.1. The van der Waals surface area contributed by atoms with Crippen LogP contribution >= 0.6 is 0 Å². The topological polar surface area (TPSA) is 17.1 Å². The fourth-order valence-corrected chi connectivity index (χ4v) is 4.75. The van der Waals surface area contributed by atoms with Crippen LogP contribution in [-0.2, 0) is 10.8 Å². The van der Waals surface area contributed by atoms with Crippen LogP contribution in [0.3, 0.4) is 0 Å². The first-order valence-electron chi connectivity index (χ1n) is 7.28. The lowest BCUT2D eigenvalue weighted by Gasteiger charge is -2.40. The molecule has 0 heterocycles. The second kappa shape index (κ2) is 6.24. The first-order valence-corrected chi connectivity index (χ1v) is 8.49. The van der Waals surface area contributed by atoms with Crippen molar-refractivity contribution in [2.75, 3.05) is 0 Å². The summed E-state index contributed by atoms with van der Waals surface area (Å²) in [7, 11) is -4.28. The van der Waals surface area contributed by atoms with E-state index in [0.29, 0.717) is 0 Å². The van der Waals surface area contributed by atoms with Gasteiger partial charge in [-0.1, -0.05) is 12.2 Å². The van der Waals surface area contributed by atoms with Gasteiger partial charge in [-0.05, 0) is 24.7 Å².